The normalized spacial score (nSPS) is 10.2. The number of methoxy groups -OCH3 is 1. The van der Waals surface area contributed by atoms with Crippen molar-refractivity contribution >= 4 is 5.78 Å². The monoisotopic (exact) mass is 254 g/mol. The number of Topliss-reactive ketones (excluding diaryl/α,β-unsaturated/α-hetero) is 1. The molecule has 0 atom stereocenters. The molecule has 2 rings (SSSR count). The van der Waals surface area contributed by atoms with Crippen molar-refractivity contribution in [1.82, 2.24) is 0 Å². The van der Waals surface area contributed by atoms with Crippen LogP contribution in [-0.2, 0) is 6.42 Å². The molecule has 0 aliphatic carbocycles. The number of rotatable bonds is 5. The third-order valence-electron chi connectivity index (χ3n) is 3.11. The topological polar surface area (TPSA) is 26.3 Å². The Morgan fingerprint density at radius 1 is 1.11 bits per heavy atom. The summed E-state index contributed by atoms with van der Waals surface area (Å²) in [4.78, 5) is 12.1. The van der Waals surface area contributed by atoms with E-state index in [2.05, 4.69) is 0 Å². The van der Waals surface area contributed by atoms with Crippen LogP contribution in [0.5, 0.6) is 5.75 Å². The second kappa shape index (κ2) is 6.19. The predicted octanol–water partition coefficient (Wildman–Crippen LogP) is 3.82. The number of hydrogen-bond donors (Lipinski definition) is 0. The first-order valence-electron chi connectivity index (χ1n) is 6.42. The fourth-order valence-corrected chi connectivity index (χ4v) is 2.05. The largest absolute Gasteiger partial charge is 0.497 e. The van der Waals surface area contributed by atoms with Crippen molar-refractivity contribution in [2.24, 2.45) is 0 Å². The van der Waals surface area contributed by atoms with Crippen molar-refractivity contribution in [3.8, 4) is 5.75 Å². The van der Waals surface area contributed by atoms with E-state index >= 15 is 0 Å². The van der Waals surface area contributed by atoms with Gasteiger partial charge in [0.05, 0.1) is 7.11 Å². The van der Waals surface area contributed by atoms with Gasteiger partial charge < -0.3 is 4.74 Å². The van der Waals surface area contributed by atoms with Crippen LogP contribution in [0.2, 0.25) is 0 Å². The van der Waals surface area contributed by atoms with Gasteiger partial charge >= 0.3 is 0 Å². The highest BCUT2D eigenvalue weighted by atomic mass is 16.5. The molecule has 0 aliphatic rings. The maximum absolute atomic E-state index is 12.1. The molecule has 0 bridgehead atoms. The molecule has 0 radical (unpaired) electrons. The zero-order chi connectivity index (χ0) is 13.7. The molecule has 0 N–H and O–H groups in total. The molecule has 2 aromatic rings. The van der Waals surface area contributed by atoms with E-state index in [1.54, 1.807) is 7.11 Å². The minimum atomic E-state index is 0.187. The maximum atomic E-state index is 12.1. The Labute approximate surface area is 114 Å². The molecule has 0 amide bonds. The molecule has 0 fully saturated rings. The van der Waals surface area contributed by atoms with Gasteiger partial charge in [0, 0.05) is 12.0 Å². The lowest BCUT2D eigenvalue weighted by Gasteiger charge is -2.05. The quantitative estimate of drug-likeness (QED) is 0.758. The van der Waals surface area contributed by atoms with Crippen LogP contribution in [-0.4, -0.2) is 12.9 Å². The van der Waals surface area contributed by atoms with Crippen molar-refractivity contribution in [3.05, 3.63) is 65.2 Å². The summed E-state index contributed by atoms with van der Waals surface area (Å²) >= 11 is 0. The van der Waals surface area contributed by atoms with Gasteiger partial charge in [0.25, 0.3) is 0 Å². The van der Waals surface area contributed by atoms with E-state index in [4.69, 9.17) is 4.74 Å². The van der Waals surface area contributed by atoms with Crippen molar-refractivity contribution < 1.29 is 9.53 Å². The Hall–Kier alpha value is -2.09. The van der Waals surface area contributed by atoms with Crippen LogP contribution in [0.1, 0.15) is 27.9 Å². The number of ketones is 1. The summed E-state index contributed by atoms with van der Waals surface area (Å²) < 4.78 is 5.18. The summed E-state index contributed by atoms with van der Waals surface area (Å²) in [5, 5.41) is 0. The Morgan fingerprint density at radius 2 is 1.89 bits per heavy atom. The van der Waals surface area contributed by atoms with Crippen LogP contribution < -0.4 is 4.74 Å². The summed E-state index contributed by atoms with van der Waals surface area (Å²) in [6.07, 6.45) is 1.26. The van der Waals surface area contributed by atoms with Crippen molar-refractivity contribution in [2.45, 2.75) is 19.8 Å². The molecule has 0 aliphatic heterocycles. The lowest BCUT2D eigenvalue weighted by atomic mass is 10.0. The van der Waals surface area contributed by atoms with Gasteiger partial charge in [0.2, 0.25) is 0 Å². The molecule has 0 heterocycles. The highest BCUT2D eigenvalue weighted by molar-refractivity contribution is 5.96. The fraction of sp³-hybridized carbons (Fsp3) is 0.235. The van der Waals surface area contributed by atoms with Crippen LogP contribution in [0.25, 0.3) is 0 Å². The molecule has 0 saturated heterocycles. The van der Waals surface area contributed by atoms with Gasteiger partial charge in [-0.2, -0.15) is 0 Å². The van der Waals surface area contributed by atoms with Crippen LogP contribution >= 0.6 is 0 Å². The first kappa shape index (κ1) is 13.3. The minimum absolute atomic E-state index is 0.187. The van der Waals surface area contributed by atoms with E-state index in [0.717, 1.165) is 28.9 Å². The average Bonchev–Trinajstić information content (AvgIpc) is 2.45. The van der Waals surface area contributed by atoms with E-state index < -0.39 is 0 Å². The molecule has 98 valence electrons. The van der Waals surface area contributed by atoms with Gasteiger partial charge in [-0.1, -0.05) is 35.9 Å². The lowest BCUT2D eigenvalue weighted by molar-refractivity contribution is 0.0982. The van der Waals surface area contributed by atoms with E-state index in [9.17, 15) is 4.79 Å². The van der Waals surface area contributed by atoms with Crippen LogP contribution in [0.4, 0.5) is 0 Å². The van der Waals surface area contributed by atoms with E-state index in [1.807, 2.05) is 55.5 Å². The number of benzene rings is 2. The van der Waals surface area contributed by atoms with E-state index in [0.29, 0.717) is 6.42 Å². The molecule has 2 nitrogen and oxygen atoms in total. The van der Waals surface area contributed by atoms with Gasteiger partial charge in [0.15, 0.2) is 5.78 Å². The first-order valence-corrected chi connectivity index (χ1v) is 6.42. The average molecular weight is 254 g/mol. The Kier molecular flexibility index (Phi) is 4.35. The van der Waals surface area contributed by atoms with Gasteiger partial charge in [-0.05, 0) is 37.1 Å². The third kappa shape index (κ3) is 3.68. The zero-order valence-corrected chi connectivity index (χ0v) is 11.3. The minimum Gasteiger partial charge on any atom is -0.497 e. The third-order valence-corrected chi connectivity index (χ3v) is 3.11. The molecular weight excluding hydrogens is 236 g/mol. The number of hydrogen-bond acceptors (Lipinski definition) is 2. The van der Waals surface area contributed by atoms with Crippen molar-refractivity contribution in [1.29, 1.82) is 0 Å². The van der Waals surface area contributed by atoms with Gasteiger partial charge in [-0.3, -0.25) is 4.79 Å². The molecule has 0 spiro atoms. The molecule has 2 heteroatoms. The summed E-state index contributed by atoms with van der Waals surface area (Å²) in [7, 11) is 1.65. The summed E-state index contributed by atoms with van der Waals surface area (Å²) in [5.74, 6) is 1.02. The summed E-state index contributed by atoms with van der Waals surface area (Å²) in [6.45, 7) is 2.00. The summed E-state index contributed by atoms with van der Waals surface area (Å²) in [5.41, 5.74) is 3.04. The number of carbonyl (C=O) groups excluding carboxylic acids is 1. The lowest BCUT2D eigenvalue weighted by Crippen LogP contribution is -2.01. The number of ether oxygens (including phenoxy) is 1. The maximum Gasteiger partial charge on any atom is 0.163 e. The van der Waals surface area contributed by atoms with E-state index in [-0.39, 0.29) is 5.78 Å². The highest BCUT2D eigenvalue weighted by Gasteiger charge is 2.06. The molecule has 0 unspecified atom stereocenters. The SMILES string of the molecule is COc1cccc(CCC(=O)c2cccc(C)c2)c1. The van der Waals surface area contributed by atoms with Crippen LogP contribution in [0.3, 0.4) is 0 Å². The van der Waals surface area contributed by atoms with Crippen LogP contribution in [0, 0.1) is 6.92 Å². The molecule has 0 saturated carbocycles. The zero-order valence-electron chi connectivity index (χ0n) is 11.3. The van der Waals surface area contributed by atoms with Crippen molar-refractivity contribution in [2.75, 3.05) is 7.11 Å². The predicted molar refractivity (Wildman–Crippen MR) is 76.8 cm³/mol. The second-order valence-electron chi connectivity index (χ2n) is 4.64. The Morgan fingerprint density at radius 3 is 2.63 bits per heavy atom. The van der Waals surface area contributed by atoms with Crippen LogP contribution in [0.15, 0.2) is 48.5 Å². The smallest absolute Gasteiger partial charge is 0.163 e. The van der Waals surface area contributed by atoms with Gasteiger partial charge in [-0.15, -0.1) is 0 Å². The Bertz CT molecular complexity index is 573. The number of aryl methyl sites for hydroxylation is 2. The number of carbonyl (C=O) groups is 1. The first-order chi connectivity index (χ1) is 9.19. The second-order valence-corrected chi connectivity index (χ2v) is 4.64. The summed E-state index contributed by atoms with van der Waals surface area (Å²) in [6, 6.07) is 15.6. The molecule has 2 aromatic carbocycles. The highest BCUT2D eigenvalue weighted by Crippen LogP contribution is 2.15. The van der Waals surface area contributed by atoms with Crippen molar-refractivity contribution in [3.63, 3.8) is 0 Å². The standard InChI is InChI=1S/C17H18O2/c1-13-5-3-7-15(11-13)17(18)10-9-14-6-4-8-16(12-14)19-2/h3-8,11-12H,9-10H2,1-2H3. The molecule has 0 aromatic heterocycles. The van der Waals surface area contributed by atoms with Gasteiger partial charge in [-0.25, -0.2) is 0 Å². The van der Waals surface area contributed by atoms with E-state index in [1.165, 1.54) is 0 Å². The molecule has 19 heavy (non-hydrogen) atoms. The van der Waals surface area contributed by atoms with Gasteiger partial charge in [0.1, 0.15) is 5.75 Å². The fourth-order valence-electron chi connectivity index (χ4n) is 2.05. The Balaban J connectivity index is 2.00. The molecular formula is C17H18O2.